The molecule has 1 saturated carbocycles. The summed E-state index contributed by atoms with van der Waals surface area (Å²) < 4.78 is 0.822. The molecule has 19 heavy (non-hydrogen) atoms. The molecular weight excluding hydrogens is 304 g/mol. The zero-order valence-electron chi connectivity index (χ0n) is 11.3. The Kier molecular flexibility index (Phi) is 4.50. The largest absolute Gasteiger partial charge is 0.398 e. The second kappa shape index (κ2) is 5.95. The van der Waals surface area contributed by atoms with Gasteiger partial charge in [-0.3, -0.25) is 4.79 Å². The minimum absolute atomic E-state index is 0.0361. The van der Waals surface area contributed by atoms with Crippen molar-refractivity contribution in [3.63, 3.8) is 0 Å². The van der Waals surface area contributed by atoms with Crippen molar-refractivity contribution in [3.8, 4) is 0 Å². The van der Waals surface area contributed by atoms with Gasteiger partial charge < -0.3 is 11.1 Å². The Balaban J connectivity index is 1.95. The topological polar surface area (TPSA) is 55.1 Å². The smallest absolute Gasteiger partial charge is 0.251 e. The SMILES string of the molecule is CC1(CNC(=O)c2ccc(Br)c(N)c2)CCCCC1. The highest BCUT2D eigenvalue weighted by atomic mass is 79.9. The first kappa shape index (κ1) is 14.4. The van der Waals surface area contributed by atoms with Gasteiger partial charge in [0, 0.05) is 22.3 Å². The number of carbonyl (C=O) groups is 1. The Bertz CT molecular complexity index is 467. The third-order valence-electron chi connectivity index (χ3n) is 3.99. The summed E-state index contributed by atoms with van der Waals surface area (Å²) in [6.45, 7) is 3.02. The first-order chi connectivity index (χ1) is 9.00. The van der Waals surface area contributed by atoms with Crippen molar-refractivity contribution in [3.05, 3.63) is 28.2 Å². The van der Waals surface area contributed by atoms with E-state index in [1.54, 1.807) is 12.1 Å². The van der Waals surface area contributed by atoms with Crippen LogP contribution in [0.2, 0.25) is 0 Å². The van der Waals surface area contributed by atoms with Crippen molar-refractivity contribution in [2.24, 2.45) is 5.41 Å². The van der Waals surface area contributed by atoms with Gasteiger partial charge in [-0.2, -0.15) is 0 Å². The summed E-state index contributed by atoms with van der Waals surface area (Å²) in [6.07, 6.45) is 6.29. The fourth-order valence-corrected chi connectivity index (χ4v) is 2.91. The standard InChI is InChI=1S/C15H21BrN2O/c1-15(7-3-2-4-8-15)10-18-14(19)11-5-6-12(16)13(17)9-11/h5-6,9H,2-4,7-8,10,17H2,1H3,(H,18,19). The highest BCUT2D eigenvalue weighted by molar-refractivity contribution is 9.10. The van der Waals surface area contributed by atoms with Crippen molar-refractivity contribution in [1.82, 2.24) is 5.32 Å². The molecule has 0 spiro atoms. The molecule has 0 radical (unpaired) electrons. The van der Waals surface area contributed by atoms with E-state index in [1.807, 2.05) is 6.07 Å². The van der Waals surface area contributed by atoms with Crippen LogP contribution in [0.5, 0.6) is 0 Å². The number of carbonyl (C=O) groups excluding carboxylic acids is 1. The molecule has 1 aromatic rings. The molecule has 104 valence electrons. The van der Waals surface area contributed by atoms with Crippen LogP contribution in [0.25, 0.3) is 0 Å². The molecule has 3 N–H and O–H groups in total. The fraction of sp³-hybridized carbons (Fsp3) is 0.533. The van der Waals surface area contributed by atoms with Gasteiger partial charge in [-0.05, 0) is 52.4 Å². The van der Waals surface area contributed by atoms with Gasteiger partial charge in [0.05, 0.1) is 0 Å². The van der Waals surface area contributed by atoms with Gasteiger partial charge in [0.15, 0.2) is 0 Å². The molecule has 0 unspecified atom stereocenters. The molecule has 1 fully saturated rings. The molecule has 4 heteroatoms. The summed E-state index contributed by atoms with van der Waals surface area (Å²) in [6, 6.07) is 5.31. The molecule has 1 aliphatic rings. The lowest BCUT2D eigenvalue weighted by atomic mass is 9.76. The lowest BCUT2D eigenvalue weighted by Crippen LogP contribution is -2.37. The van der Waals surface area contributed by atoms with E-state index in [0.29, 0.717) is 11.3 Å². The van der Waals surface area contributed by atoms with Crippen LogP contribution >= 0.6 is 15.9 Å². The van der Waals surface area contributed by atoms with E-state index in [4.69, 9.17) is 5.73 Å². The Morgan fingerprint density at radius 1 is 1.37 bits per heavy atom. The monoisotopic (exact) mass is 324 g/mol. The Labute approximate surface area is 123 Å². The maximum absolute atomic E-state index is 12.1. The van der Waals surface area contributed by atoms with Crippen LogP contribution in [-0.2, 0) is 0 Å². The molecule has 2 rings (SSSR count). The molecular formula is C15H21BrN2O. The van der Waals surface area contributed by atoms with Crippen LogP contribution < -0.4 is 11.1 Å². The van der Waals surface area contributed by atoms with Gasteiger partial charge in [0.2, 0.25) is 0 Å². The minimum atomic E-state index is -0.0361. The van der Waals surface area contributed by atoms with Crippen LogP contribution in [0.3, 0.4) is 0 Å². The number of nitrogen functional groups attached to an aromatic ring is 1. The van der Waals surface area contributed by atoms with Crippen molar-refractivity contribution >= 4 is 27.5 Å². The van der Waals surface area contributed by atoms with Gasteiger partial charge in [0.25, 0.3) is 5.91 Å². The molecule has 1 aliphatic carbocycles. The summed E-state index contributed by atoms with van der Waals surface area (Å²) in [5.74, 6) is -0.0361. The highest BCUT2D eigenvalue weighted by Gasteiger charge is 2.27. The number of halogens is 1. The van der Waals surface area contributed by atoms with Gasteiger partial charge in [0.1, 0.15) is 0 Å². The van der Waals surface area contributed by atoms with E-state index in [9.17, 15) is 4.79 Å². The number of rotatable bonds is 3. The van der Waals surface area contributed by atoms with Crippen molar-refractivity contribution in [2.75, 3.05) is 12.3 Å². The lowest BCUT2D eigenvalue weighted by molar-refractivity contribution is 0.0919. The zero-order chi connectivity index (χ0) is 13.9. The molecule has 0 heterocycles. The van der Waals surface area contributed by atoms with Gasteiger partial charge in [-0.1, -0.05) is 26.2 Å². The summed E-state index contributed by atoms with van der Waals surface area (Å²) in [5.41, 5.74) is 7.27. The van der Waals surface area contributed by atoms with Crippen molar-refractivity contribution < 1.29 is 4.79 Å². The minimum Gasteiger partial charge on any atom is -0.398 e. The van der Waals surface area contributed by atoms with Crippen LogP contribution in [0.1, 0.15) is 49.4 Å². The van der Waals surface area contributed by atoms with Crippen LogP contribution in [0, 0.1) is 5.41 Å². The Morgan fingerprint density at radius 2 is 2.05 bits per heavy atom. The number of hydrogen-bond donors (Lipinski definition) is 2. The van der Waals surface area contributed by atoms with E-state index in [0.717, 1.165) is 11.0 Å². The molecule has 0 aromatic heterocycles. The van der Waals surface area contributed by atoms with E-state index in [-0.39, 0.29) is 11.3 Å². The van der Waals surface area contributed by atoms with Gasteiger partial charge >= 0.3 is 0 Å². The summed E-state index contributed by atoms with van der Waals surface area (Å²) in [4.78, 5) is 12.1. The third-order valence-corrected chi connectivity index (χ3v) is 4.72. The quantitative estimate of drug-likeness (QED) is 0.832. The van der Waals surface area contributed by atoms with E-state index >= 15 is 0 Å². The predicted molar refractivity (Wildman–Crippen MR) is 82.1 cm³/mol. The maximum Gasteiger partial charge on any atom is 0.251 e. The third kappa shape index (κ3) is 3.72. The number of amides is 1. The molecule has 1 amide bonds. The highest BCUT2D eigenvalue weighted by Crippen LogP contribution is 2.35. The van der Waals surface area contributed by atoms with E-state index < -0.39 is 0 Å². The number of nitrogens with two attached hydrogens (primary N) is 1. The van der Waals surface area contributed by atoms with Crippen LogP contribution in [0.15, 0.2) is 22.7 Å². The number of hydrogen-bond acceptors (Lipinski definition) is 2. The summed E-state index contributed by atoms with van der Waals surface area (Å²) in [7, 11) is 0. The predicted octanol–water partition coefficient (Wildman–Crippen LogP) is 3.73. The maximum atomic E-state index is 12.1. The van der Waals surface area contributed by atoms with Crippen LogP contribution in [-0.4, -0.2) is 12.5 Å². The second-order valence-electron chi connectivity index (χ2n) is 5.79. The summed E-state index contributed by atoms with van der Waals surface area (Å²) >= 11 is 3.33. The number of benzene rings is 1. The van der Waals surface area contributed by atoms with Crippen molar-refractivity contribution in [1.29, 1.82) is 0 Å². The molecule has 0 bridgehead atoms. The molecule has 1 aromatic carbocycles. The average Bonchev–Trinajstić information content (AvgIpc) is 2.40. The molecule has 3 nitrogen and oxygen atoms in total. The van der Waals surface area contributed by atoms with E-state index in [2.05, 4.69) is 28.2 Å². The van der Waals surface area contributed by atoms with Crippen molar-refractivity contribution in [2.45, 2.75) is 39.0 Å². The van der Waals surface area contributed by atoms with Gasteiger partial charge in [-0.15, -0.1) is 0 Å². The van der Waals surface area contributed by atoms with Gasteiger partial charge in [-0.25, -0.2) is 0 Å². The first-order valence-corrected chi connectivity index (χ1v) is 7.63. The molecule has 0 atom stereocenters. The lowest BCUT2D eigenvalue weighted by Gasteiger charge is -2.33. The zero-order valence-corrected chi connectivity index (χ0v) is 12.9. The number of anilines is 1. The fourth-order valence-electron chi connectivity index (χ4n) is 2.66. The number of nitrogens with one attached hydrogen (secondary N) is 1. The Hall–Kier alpha value is -1.03. The average molecular weight is 325 g/mol. The normalized spacial score (nSPS) is 18.0. The Morgan fingerprint density at radius 3 is 2.68 bits per heavy atom. The molecule has 0 aliphatic heterocycles. The second-order valence-corrected chi connectivity index (χ2v) is 6.64. The first-order valence-electron chi connectivity index (χ1n) is 6.83. The van der Waals surface area contributed by atoms with E-state index in [1.165, 1.54) is 32.1 Å². The molecule has 0 saturated heterocycles. The summed E-state index contributed by atoms with van der Waals surface area (Å²) in [5, 5.41) is 3.05. The van der Waals surface area contributed by atoms with Crippen LogP contribution in [0.4, 0.5) is 5.69 Å².